The van der Waals surface area contributed by atoms with Crippen molar-refractivity contribution < 1.29 is 14.6 Å². The number of carbonyl (C=O) groups is 1. The first kappa shape index (κ1) is 20.5. The van der Waals surface area contributed by atoms with Crippen molar-refractivity contribution in [3.63, 3.8) is 0 Å². The summed E-state index contributed by atoms with van der Waals surface area (Å²) in [5.74, 6) is 2.03. The van der Waals surface area contributed by atoms with Crippen LogP contribution in [0.1, 0.15) is 61.1 Å². The van der Waals surface area contributed by atoms with Gasteiger partial charge in [0.2, 0.25) is 0 Å². The monoisotopic (exact) mass is 443 g/mol. The molecular weight excluding hydrogens is 414 g/mol. The van der Waals surface area contributed by atoms with Gasteiger partial charge < -0.3 is 9.84 Å². The van der Waals surface area contributed by atoms with Crippen LogP contribution in [0.2, 0.25) is 0 Å². The quantitative estimate of drug-likeness (QED) is 0.614. The zero-order chi connectivity index (χ0) is 23.0. The van der Waals surface area contributed by atoms with Gasteiger partial charge in [0, 0.05) is 23.3 Å². The first-order valence-corrected chi connectivity index (χ1v) is 11.7. The molecule has 1 spiro atoms. The van der Waals surface area contributed by atoms with Crippen molar-refractivity contribution in [3.05, 3.63) is 59.3 Å². The molecule has 6 heteroatoms. The number of phenols is 1. The normalized spacial score (nSPS) is 29.7. The molecule has 3 aliphatic rings. The van der Waals surface area contributed by atoms with Gasteiger partial charge in [-0.3, -0.25) is 9.48 Å². The number of fused-ring (bicyclic) bond motifs is 3. The van der Waals surface area contributed by atoms with Crippen molar-refractivity contribution in [2.75, 3.05) is 7.11 Å². The predicted molar refractivity (Wildman–Crippen MR) is 124 cm³/mol. The predicted octanol–water partition coefficient (Wildman–Crippen LogP) is 5.00. The average Bonchev–Trinajstić information content (AvgIpc) is 3.43. The first-order valence-electron chi connectivity index (χ1n) is 11.7. The van der Waals surface area contributed by atoms with E-state index in [-0.39, 0.29) is 16.7 Å². The molecule has 170 valence electrons. The van der Waals surface area contributed by atoms with Gasteiger partial charge in [-0.2, -0.15) is 0 Å². The molecule has 0 unspecified atom stereocenters. The fourth-order valence-corrected chi connectivity index (χ4v) is 7.11. The number of ketones is 1. The molecule has 2 fully saturated rings. The SMILES string of the molecule is COc1ccc(-c2cn(C[C@H]3c4c(ccc(O)c4C)[C@@H]4CC[C@@]5(C)C[C@]43CC5=O)nn2)cc1. The molecule has 3 aliphatic carbocycles. The molecule has 0 amide bonds. The van der Waals surface area contributed by atoms with E-state index in [1.165, 1.54) is 11.1 Å². The van der Waals surface area contributed by atoms with Crippen molar-refractivity contribution in [3.8, 4) is 22.8 Å². The van der Waals surface area contributed by atoms with Gasteiger partial charge in [0.25, 0.3) is 0 Å². The van der Waals surface area contributed by atoms with Crippen LogP contribution in [-0.2, 0) is 11.3 Å². The number of rotatable bonds is 4. The van der Waals surface area contributed by atoms with Crippen LogP contribution in [0.5, 0.6) is 11.5 Å². The topological polar surface area (TPSA) is 77.2 Å². The van der Waals surface area contributed by atoms with Gasteiger partial charge in [0.15, 0.2) is 0 Å². The Hall–Kier alpha value is -3.15. The molecule has 0 radical (unpaired) electrons. The van der Waals surface area contributed by atoms with E-state index in [9.17, 15) is 9.90 Å². The lowest BCUT2D eigenvalue weighted by atomic mass is 9.61. The van der Waals surface area contributed by atoms with E-state index in [0.29, 0.717) is 30.4 Å². The molecule has 3 aromatic rings. The Morgan fingerprint density at radius 2 is 2.00 bits per heavy atom. The maximum Gasteiger partial charge on any atom is 0.139 e. The summed E-state index contributed by atoms with van der Waals surface area (Å²) in [6.45, 7) is 4.82. The number of methoxy groups -OCH3 is 1. The summed E-state index contributed by atoms with van der Waals surface area (Å²) in [4.78, 5) is 13.2. The largest absolute Gasteiger partial charge is 0.508 e. The molecule has 2 bridgehead atoms. The summed E-state index contributed by atoms with van der Waals surface area (Å²) in [6, 6.07) is 11.7. The van der Waals surface area contributed by atoms with Crippen LogP contribution in [0, 0.1) is 17.8 Å². The van der Waals surface area contributed by atoms with Crippen LogP contribution in [0.25, 0.3) is 11.3 Å². The van der Waals surface area contributed by atoms with Gasteiger partial charge in [0.05, 0.1) is 19.9 Å². The fourth-order valence-electron chi connectivity index (χ4n) is 7.11. The van der Waals surface area contributed by atoms with Crippen LogP contribution < -0.4 is 4.74 Å². The third-order valence-electron chi connectivity index (χ3n) is 8.79. The summed E-state index contributed by atoms with van der Waals surface area (Å²) >= 11 is 0. The van der Waals surface area contributed by atoms with E-state index in [4.69, 9.17) is 4.74 Å². The minimum absolute atomic E-state index is 0.100. The Labute approximate surface area is 193 Å². The van der Waals surface area contributed by atoms with Crippen molar-refractivity contribution in [1.82, 2.24) is 15.0 Å². The molecule has 1 aromatic heterocycles. The van der Waals surface area contributed by atoms with Gasteiger partial charge in [-0.25, -0.2) is 0 Å². The van der Waals surface area contributed by atoms with Gasteiger partial charge in [0.1, 0.15) is 23.0 Å². The van der Waals surface area contributed by atoms with Crippen LogP contribution in [0.3, 0.4) is 0 Å². The third-order valence-corrected chi connectivity index (χ3v) is 8.79. The standard InChI is InChI=1S/C27H29N3O3/c1-16-23(31)9-8-19-20-10-11-26(2)15-27(20,12-24(26)32)21(25(16)19)13-30-14-22(28-29-30)17-4-6-18(33-3)7-5-17/h4-9,14,20-21,31H,10-13,15H2,1-3H3/t20-,21-,26-,27+/m0/s1. The highest BCUT2D eigenvalue weighted by molar-refractivity contribution is 5.89. The van der Waals surface area contributed by atoms with Crippen LogP contribution in [-0.4, -0.2) is 33.0 Å². The highest BCUT2D eigenvalue weighted by Crippen LogP contribution is 2.72. The molecule has 1 N–H and O–H groups in total. The van der Waals surface area contributed by atoms with E-state index in [1.54, 1.807) is 7.11 Å². The summed E-state index contributed by atoms with van der Waals surface area (Å²) in [6.07, 6.45) is 5.51. The fraction of sp³-hybridized carbons (Fsp3) is 0.444. The highest BCUT2D eigenvalue weighted by Gasteiger charge is 2.65. The van der Waals surface area contributed by atoms with Crippen molar-refractivity contribution in [2.24, 2.45) is 10.8 Å². The number of aromatic nitrogens is 3. The molecule has 2 aromatic carbocycles. The molecule has 33 heavy (non-hydrogen) atoms. The van der Waals surface area contributed by atoms with Gasteiger partial charge in [-0.1, -0.05) is 18.2 Å². The number of hydrogen-bond donors (Lipinski definition) is 1. The number of benzene rings is 2. The van der Waals surface area contributed by atoms with E-state index < -0.39 is 0 Å². The number of nitrogens with zero attached hydrogens (tertiary/aromatic N) is 3. The number of carbonyl (C=O) groups excluding carboxylic acids is 1. The number of phenolic OH excluding ortho intramolecular Hbond substituents is 1. The summed E-state index contributed by atoms with van der Waals surface area (Å²) < 4.78 is 7.18. The van der Waals surface area contributed by atoms with Crippen molar-refractivity contribution in [1.29, 1.82) is 0 Å². The molecule has 0 aliphatic heterocycles. The van der Waals surface area contributed by atoms with E-state index in [1.807, 2.05) is 48.1 Å². The Morgan fingerprint density at radius 1 is 1.21 bits per heavy atom. The van der Waals surface area contributed by atoms with Crippen molar-refractivity contribution >= 4 is 5.78 Å². The summed E-state index contributed by atoms with van der Waals surface area (Å²) in [5.41, 5.74) is 4.97. The lowest BCUT2D eigenvalue weighted by Crippen LogP contribution is -2.35. The average molecular weight is 444 g/mol. The lowest BCUT2D eigenvalue weighted by Gasteiger charge is -2.42. The lowest BCUT2D eigenvalue weighted by molar-refractivity contribution is -0.125. The Balaban J connectivity index is 1.40. The van der Waals surface area contributed by atoms with E-state index >= 15 is 0 Å². The zero-order valence-corrected chi connectivity index (χ0v) is 19.3. The summed E-state index contributed by atoms with van der Waals surface area (Å²) in [7, 11) is 1.65. The maximum atomic E-state index is 13.2. The van der Waals surface area contributed by atoms with Crippen LogP contribution in [0.15, 0.2) is 42.6 Å². The number of hydrogen-bond acceptors (Lipinski definition) is 5. The number of aromatic hydroxyl groups is 1. The highest BCUT2D eigenvalue weighted by atomic mass is 16.5. The zero-order valence-electron chi connectivity index (χ0n) is 19.3. The first-order chi connectivity index (χ1) is 15.8. The summed E-state index contributed by atoms with van der Waals surface area (Å²) in [5, 5.41) is 19.4. The molecule has 0 saturated heterocycles. The van der Waals surface area contributed by atoms with E-state index in [2.05, 4.69) is 23.3 Å². The maximum absolute atomic E-state index is 13.2. The van der Waals surface area contributed by atoms with E-state index in [0.717, 1.165) is 41.8 Å². The Bertz CT molecular complexity index is 1260. The van der Waals surface area contributed by atoms with Gasteiger partial charge >= 0.3 is 0 Å². The minimum Gasteiger partial charge on any atom is -0.508 e. The number of Topliss-reactive ketones (excluding diaryl/α,β-unsaturated/α-hetero) is 1. The van der Waals surface area contributed by atoms with Gasteiger partial charge in [-0.15, -0.1) is 5.10 Å². The minimum atomic E-state index is -0.219. The molecule has 2 saturated carbocycles. The van der Waals surface area contributed by atoms with Gasteiger partial charge in [-0.05, 0) is 84.5 Å². The molecule has 1 heterocycles. The molecule has 6 nitrogen and oxygen atoms in total. The molecule has 4 atom stereocenters. The Kier molecular flexibility index (Phi) is 4.29. The second-order valence-corrected chi connectivity index (χ2v) is 10.5. The third kappa shape index (κ3) is 2.82. The number of ether oxygens (including phenoxy) is 1. The molecular formula is C27H29N3O3. The second-order valence-electron chi connectivity index (χ2n) is 10.5. The second kappa shape index (κ2) is 6.92. The Morgan fingerprint density at radius 3 is 2.76 bits per heavy atom. The smallest absolute Gasteiger partial charge is 0.139 e. The van der Waals surface area contributed by atoms with Crippen LogP contribution >= 0.6 is 0 Å². The molecule has 6 rings (SSSR count). The van der Waals surface area contributed by atoms with Crippen LogP contribution in [0.4, 0.5) is 0 Å². The van der Waals surface area contributed by atoms with Crippen molar-refractivity contribution in [2.45, 2.75) is 57.9 Å².